The molecule has 0 bridgehead atoms. The molecule has 0 atom stereocenters. The van der Waals surface area contributed by atoms with Gasteiger partial charge in [0, 0.05) is 34.4 Å². The molecule has 5 nitrogen and oxygen atoms in total. The fourth-order valence-corrected chi connectivity index (χ4v) is 5.07. The average Bonchev–Trinajstić information content (AvgIpc) is 3.02. The van der Waals surface area contributed by atoms with Crippen LogP contribution in [0.3, 0.4) is 0 Å². The van der Waals surface area contributed by atoms with Gasteiger partial charge in [0.1, 0.15) is 13.2 Å². The van der Waals surface area contributed by atoms with E-state index in [0.29, 0.717) is 35.4 Å². The van der Waals surface area contributed by atoms with Gasteiger partial charge in [0.05, 0.1) is 10.2 Å². The SMILES string of the molecule is C=CCn1c(=NC(=O)c2cccc(SC(C)C)c2)sc2cc3c(cc21)OCCO3. The molecule has 3 aromatic rings. The number of allylic oxidation sites excluding steroid dienone is 1. The van der Waals surface area contributed by atoms with E-state index in [2.05, 4.69) is 25.4 Å². The Labute approximate surface area is 177 Å². The topological polar surface area (TPSA) is 52.8 Å². The number of thiazole rings is 1. The lowest BCUT2D eigenvalue weighted by molar-refractivity contribution is 0.0997. The van der Waals surface area contributed by atoms with Gasteiger partial charge in [-0.05, 0) is 18.2 Å². The number of ether oxygens (including phenoxy) is 2. The van der Waals surface area contributed by atoms with E-state index in [0.717, 1.165) is 26.6 Å². The zero-order valence-corrected chi connectivity index (χ0v) is 18.0. The fraction of sp³-hybridized carbons (Fsp3) is 0.273. The Morgan fingerprint density at radius 1 is 1.28 bits per heavy atom. The van der Waals surface area contributed by atoms with Gasteiger partial charge in [-0.25, -0.2) is 0 Å². The molecule has 2 aromatic carbocycles. The van der Waals surface area contributed by atoms with Crippen molar-refractivity contribution in [3.8, 4) is 11.5 Å². The van der Waals surface area contributed by atoms with E-state index in [1.807, 2.05) is 41.0 Å². The Kier molecular flexibility index (Phi) is 5.78. The summed E-state index contributed by atoms with van der Waals surface area (Å²) in [7, 11) is 0. The monoisotopic (exact) mass is 426 g/mol. The highest BCUT2D eigenvalue weighted by molar-refractivity contribution is 7.99. The van der Waals surface area contributed by atoms with E-state index in [4.69, 9.17) is 9.47 Å². The summed E-state index contributed by atoms with van der Waals surface area (Å²) in [5.74, 6) is 1.19. The van der Waals surface area contributed by atoms with Gasteiger partial charge in [0.25, 0.3) is 5.91 Å². The second-order valence-electron chi connectivity index (χ2n) is 6.86. The van der Waals surface area contributed by atoms with Crippen molar-refractivity contribution in [1.82, 2.24) is 4.57 Å². The summed E-state index contributed by atoms with van der Waals surface area (Å²) in [5.41, 5.74) is 1.54. The summed E-state index contributed by atoms with van der Waals surface area (Å²) in [4.78, 5) is 19.0. The van der Waals surface area contributed by atoms with Gasteiger partial charge in [-0.15, -0.1) is 18.3 Å². The molecule has 2 heterocycles. The van der Waals surface area contributed by atoms with Crippen LogP contribution in [0.2, 0.25) is 0 Å². The molecule has 0 N–H and O–H groups in total. The lowest BCUT2D eigenvalue weighted by Crippen LogP contribution is -2.17. The molecule has 150 valence electrons. The number of rotatable bonds is 5. The first-order valence-corrected chi connectivity index (χ1v) is 11.1. The van der Waals surface area contributed by atoms with Crippen LogP contribution >= 0.6 is 23.1 Å². The number of thioether (sulfide) groups is 1. The third-order valence-corrected chi connectivity index (χ3v) is 6.35. The predicted molar refractivity (Wildman–Crippen MR) is 118 cm³/mol. The van der Waals surface area contributed by atoms with Gasteiger partial charge < -0.3 is 14.0 Å². The lowest BCUT2D eigenvalue weighted by atomic mass is 10.2. The summed E-state index contributed by atoms with van der Waals surface area (Å²) in [6, 6.07) is 11.5. The van der Waals surface area contributed by atoms with Crippen molar-refractivity contribution in [2.24, 2.45) is 4.99 Å². The number of nitrogens with zero attached hydrogens (tertiary/aromatic N) is 2. The molecule has 1 amide bonds. The van der Waals surface area contributed by atoms with Crippen LogP contribution in [-0.2, 0) is 6.54 Å². The summed E-state index contributed by atoms with van der Waals surface area (Å²) >= 11 is 3.19. The number of amides is 1. The van der Waals surface area contributed by atoms with Crippen LogP contribution in [0.5, 0.6) is 11.5 Å². The number of aromatic nitrogens is 1. The van der Waals surface area contributed by atoms with Gasteiger partial charge in [-0.2, -0.15) is 4.99 Å². The van der Waals surface area contributed by atoms with Crippen molar-refractivity contribution in [1.29, 1.82) is 0 Å². The van der Waals surface area contributed by atoms with Crippen LogP contribution in [0.15, 0.2) is 58.9 Å². The quantitative estimate of drug-likeness (QED) is 0.430. The molecule has 1 aromatic heterocycles. The molecule has 0 saturated carbocycles. The third kappa shape index (κ3) is 4.26. The van der Waals surface area contributed by atoms with Crippen molar-refractivity contribution in [2.75, 3.05) is 13.2 Å². The number of benzene rings is 2. The molecule has 0 saturated heterocycles. The predicted octanol–water partition coefficient (Wildman–Crippen LogP) is 4.90. The van der Waals surface area contributed by atoms with E-state index in [9.17, 15) is 4.79 Å². The molecule has 0 spiro atoms. The molecule has 0 fully saturated rings. The number of carbonyl (C=O) groups excluding carboxylic acids is 1. The smallest absolute Gasteiger partial charge is 0.279 e. The van der Waals surface area contributed by atoms with Crippen LogP contribution in [0, 0.1) is 0 Å². The number of carbonyl (C=O) groups is 1. The molecule has 0 aliphatic carbocycles. The molecular weight excluding hydrogens is 404 g/mol. The van der Waals surface area contributed by atoms with Gasteiger partial charge in [0.2, 0.25) is 0 Å². The minimum atomic E-state index is -0.252. The molecule has 0 unspecified atom stereocenters. The third-order valence-electron chi connectivity index (χ3n) is 4.31. The zero-order chi connectivity index (χ0) is 20.4. The highest BCUT2D eigenvalue weighted by Crippen LogP contribution is 2.35. The maximum Gasteiger partial charge on any atom is 0.279 e. The number of hydrogen-bond donors (Lipinski definition) is 0. The molecule has 0 radical (unpaired) electrons. The van der Waals surface area contributed by atoms with Crippen LogP contribution in [-0.4, -0.2) is 28.9 Å². The lowest BCUT2D eigenvalue weighted by Gasteiger charge is -2.18. The Morgan fingerprint density at radius 2 is 2.03 bits per heavy atom. The summed E-state index contributed by atoms with van der Waals surface area (Å²) in [6.07, 6.45) is 1.80. The zero-order valence-electron chi connectivity index (χ0n) is 16.4. The highest BCUT2D eigenvalue weighted by Gasteiger charge is 2.17. The maximum absolute atomic E-state index is 12.9. The fourth-order valence-electron chi connectivity index (χ4n) is 3.12. The number of hydrogen-bond acceptors (Lipinski definition) is 5. The standard InChI is InChI=1S/C22H22N2O3S2/c1-4-8-24-17-12-18-19(27-10-9-26-18)13-20(17)29-22(24)23-21(25)15-6-5-7-16(11-15)28-14(2)3/h4-7,11-14H,1,8-10H2,2-3H3. The van der Waals surface area contributed by atoms with E-state index in [-0.39, 0.29) is 5.91 Å². The van der Waals surface area contributed by atoms with E-state index in [1.165, 1.54) is 11.3 Å². The second kappa shape index (κ2) is 8.47. The molecular formula is C22H22N2O3S2. The Balaban J connectivity index is 1.78. The molecule has 7 heteroatoms. The molecule has 1 aliphatic rings. The second-order valence-corrected chi connectivity index (χ2v) is 9.52. The summed E-state index contributed by atoms with van der Waals surface area (Å²) in [6.45, 7) is 9.73. The first-order valence-electron chi connectivity index (χ1n) is 9.45. The van der Waals surface area contributed by atoms with E-state index < -0.39 is 0 Å². The van der Waals surface area contributed by atoms with Gasteiger partial charge in [0.15, 0.2) is 16.3 Å². The summed E-state index contributed by atoms with van der Waals surface area (Å²) < 4.78 is 14.4. The van der Waals surface area contributed by atoms with Gasteiger partial charge in [-0.1, -0.05) is 37.3 Å². The van der Waals surface area contributed by atoms with Crippen molar-refractivity contribution < 1.29 is 14.3 Å². The molecule has 29 heavy (non-hydrogen) atoms. The van der Waals surface area contributed by atoms with E-state index in [1.54, 1.807) is 17.8 Å². The van der Waals surface area contributed by atoms with Gasteiger partial charge in [-0.3, -0.25) is 4.79 Å². The van der Waals surface area contributed by atoms with Crippen LogP contribution in [0.1, 0.15) is 24.2 Å². The Morgan fingerprint density at radius 3 is 2.76 bits per heavy atom. The van der Waals surface area contributed by atoms with Crippen molar-refractivity contribution >= 4 is 39.2 Å². The van der Waals surface area contributed by atoms with Crippen molar-refractivity contribution in [3.05, 3.63) is 59.4 Å². The first-order chi connectivity index (χ1) is 14.0. The van der Waals surface area contributed by atoms with Crippen LogP contribution in [0.4, 0.5) is 0 Å². The number of fused-ring (bicyclic) bond motifs is 2. The van der Waals surface area contributed by atoms with Crippen LogP contribution < -0.4 is 14.3 Å². The minimum Gasteiger partial charge on any atom is -0.486 e. The average molecular weight is 427 g/mol. The van der Waals surface area contributed by atoms with E-state index >= 15 is 0 Å². The van der Waals surface area contributed by atoms with Crippen molar-refractivity contribution in [2.45, 2.75) is 30.5 Å². The van der Waals surface area contributed by atoms with Crippen LogP contribution in [0.25, 0.3) is 10.2 Å². The molecule has 4 rings (SSSR count). The summed E-state index contributed by atoms with van der Waals surface area (Å²) in [5, 5.41) is 0.449. The largest absolute Gasteiger partial charge is 0.486 e. The highest BCUT2D eigenvalue weighted by atomic mass is 32.2. The first kappa shape index (κ1) is 19.8. The van der Waals surface area contributed by atoms with Gasteiger partial charge >= 0.3 is 0 Å². The Bertz CT molecular complexity index is 1140. The minimum absolute atomic E-state index is 0.252. The maximum atomic E-state index is 12.9. The van der Waals surface area contributed by atoms with Crippen molar-refractivity contribution in [3.63, 3.8) is 0 Å². The normalized spacial score (nSPS) is 13.8. The Hall–Kier alpha value is -2.51. The molecule has 1 aliphatic heterocycles.